The van der Waals surface area contributed by atoms with Crippen molar-refractivity contribution in [3.05, 3.63) is 103 Å². The molecule has 1 N–H and O–H groups in total. The highest BCUT2D eigenvalue weighted by Crippen LogP contribution is 2.44. The molecular formula is C23H12Cl4FNO3. The summed E-state index contributed by atoms with van der Waals surface area (Å²) in [4.78, 5) is 27.2. The molecular weight excluding hydrogens is 499 g/mol. The number of rotatable bonds is 3. The van der Waals surface area contributed by atoms with E-state index >= 15 is 0 Å². The quantitative estimate of drug-likeness (QED) is 0.233. The van der Waals surface area contributed by atoms with Crippen molar-refractivity contribution in [3.8, 4) is 0 Å². The first kappa shape index (κ1) is 22.6. The lowest BCUT2D eigenvalue weighted by Crippen LogP contribution is -2.29. The second-order valence-corrected chi connectivity index (χ2v) is 8.63. The molecule has 32 heavy (non-hydrogen) atoms. The minimum atomic E-state index is -1.28. The summed E-state index contributed by atoms with van der Waals surface area (Å²) in [7, 11) is 0. The summed E-state index contributed by atoms with van der Waals surface area (Å²) < 4.78 is 14.9. The molecule has 1 aliphatic rings. The molecule has 1 unspecified atom stereocenters. The Morgan fingerprint density at radius 1 is 0.875 bits per heavy atom. The SMILES string of the molecule is O=C1C(=O)N(c2cc(Cl)cc(Cl)c2)C(c2ccccc2F)/C1=C(\O)c1ccc(Cl)c(Cl)c1. The molecule has 0 bridgehead atoms. The molecule has 1 heterocycles. The first-order chi connectivity index (χ1) is 15.2. The van der Waals surface area contributed by atoms with Crippen LogP contribution in [0, 0.1) is 5.82 Å². The van der Waals surface area contributed by atoms with Crippen molar-refractivity contribution < 1.29 is 19.1 Å². The number of aliphatic hydroxyl groups is 1. The van der Waals surface area contributed by atoms with Gasteiger partial charge in [0, 0.05) is 26.9 Å². The summed E-state index contributed by atoms with van der Waals surface area (Å²) >= 11 is 24.2. The van der Waals surface area contributed by atoms with Gasteiger partial charge in [0.25, 0.3) is 11.7 Å². The topological polar surface area (TPSA) is 57.6 Å². The first-order valence-corrected chi connectivity index (χ1v) is 10.7. The van der Waals surface area contributed by atoms with Crippen molar-refractivity contribution in [2.24, 2.45) is 0 Å². The fourth-order valence-electron chi connectivity index (χ4n) is 3.57. The van der Waals surface area contributed by atoms with Crippen molar-refractivity contribution in [2.75, 3.05) is 4.90 Å². The number of nitrogens with zero attached hydrogens (tertiary/aromatic N) is 1. The Kier molecular flexibility index (Phi) is 6.19. The summed E-state index contributed by atoms with van der Waals surface area (Å²) in [5.41, 5.74) is 0.00732. The van der Waals surface area contributed by atoms with Crippen LogP contribution in [0.3, 0.4) is 0 Å². The molecule has 0 radical (unpaired) electrons. The Morgan fingerprint density at radius 3 is 2.16 bits per heavy atom. The molecule has 162 valence electrons. The molecule has 3 aromatic carbocycles. The highest BCUT2D eigenvalue weighted by molar-refractivity contribution is 6.52. The predicted molar refractivity (Wildman–Crippen MR) is 124 cm³/mol. The van der Waals surface area contributed by atoms with Gasteiger partial charge in [-0.15, -0.1) is 0 Å². The van der Waals surface area contributed by atoms with E-state index in [0.717, 1.165) is 4.90 Å². The van der Waals surface area contributed by atoms with Crippen LogP contribution in [0.5, 0.6) is 0 Å². The fraction of sp³-hybridized carbons (Fsp3) is 0.0435. The third kappa shape index (κ3) is 3.97. The Bertz CT molecular complexity index is 1290. The molecule has 0 aliphatic carbocycles. The minimum Gasteiger partial charge on any atom is -0.507 e. The van der Waals surface area contributed by atoms with Gasteiger partial charge in [-0.25, -0.2) is 4.39 Å². The zero-order chi connectivity index (χ0) is 23.2. The zero-order valence-corrected chi connectivity index (χ0v) is 19.0. The third-order valence-corrected chi connectivity index (χ3v) is 6.14. The number of Topliss-reactive ketones (excluding diaryl/α,β-unsaturated/α-hetero) is 1. The number of carbonyl (C=O) groups is 2. The van der Waals surface area contributed by atoms with Crippen molar-refractivity contribution in [1.82, 2.24) is 0 Å². The van der Waals surface area contributed by atoms with Crippen LogP contribution >= 0.6 is 46.4 Å². The van der Waals surface area contributed by atoms with Crippen LogP contribution in [0.15, 0.2) is 66.2 Å². The average Bonchev–Trinajstić information content (AvgIpc) is 3.00. The number of carbonyl (C=O) groups excluding carboxylic acids is 2. The Morgan fingerprint density at radius 2 is 1.53 bits per heavy atom. The maximum Gasteiger partial charge on any atom is 0.300 e. The van der Waals surface area contributed by atoms with Crippen LogP contribution in [0.1, 0.15) is 17.2 Å². The van der Waals surface area contributed by atoms with Gasteiger partial charge in [-0.3, -0.25) is 14.5 Å². The number of hydrogen-bond acceptors (Lipinski definition) is 3. The van der Waals surface area contributed by atoms with Gasteiger partial charge >= 0.3 is 0 Å². The van der Waals surface area contributed by atoms with Crippen molar-refractivity contribution >= 4 is 69.5 Å². The van der Waals surface area contributed by atoms with E-state index in [4.69, 9.17) is 46.4 Å². The number of halogens is 5. The molecule has 4 rings (SSSR count). The van der Waals surface area contributed by atoms with Gasteiger partial charge in [0.05, 0.1) is 21.7 Å². The number of ketones is 1. The van der Waals surface area contributed by atoms with E-state index in [1.807, 2.05) is 0 Å². The summed E-state index contributed by atoms with van der Waals surface area (Å²) in [6.07, 6.45) is 0. The van der Waals surface area contributed by atoms with Crippen molar-refractivity contribution in [2.45, 2.75) is 6.04 Å². The number of hydrogen-bond donors (Lipinski definition) is 1. The lowest BCUT2D eigenvalue weighted by molar-refractivity contribution is -0.132. The molecule has 1 fully saturated rings. The molecule has 3 aromatic rings. The first-order valence-electron chi connectivity index (χ1n) is 9.16. The van der Waals surface area contributed by atoms with E-state index in [2.05, 4.69) is 0 Å². The van der Waals surface area contributed by atoms with Gasteiger partial charge in [-0.05, 0) is 42.5 Å². The van der Waals surface area contributed by atoms with E-state index in [1.54, 1.807) is 6.07 Å². The number of anilines is 1. The molecule has 1 amide bonds. The van der Waals surface area contributed by atoms with Gasteiger partial charge < -0.3 is 5.11 Å². The summed E-state index contributed by atoms with van der Waals surface area (Å²) in [6.45, 7) is 0. The maximum absolute atomic E-state index is 14.9. The smallest absolute Gasteiger partial charge is 0.300 e. The summed E-state index contributed by atoms with van der Waals surface area (Å²) in [5.74, 6) is -3.17. The van der Waals surface area contributed by atoms with E-state index in [0.29, 0.717) is 0 Å². The van der Waals surface area contributed by atoms with E-state index in [-0.39, 0.29) is 42.5 Å². The summed E-state index contributed by atoms with van der Waals surface area (Å²) in [6, 6.07) is 12.9. The summed E-state index contributed by atoms with van der Waals surface area (Å²) in [5, 5.41) is 11.8. The van der Waals surface area contributed by atoms with Gasteiger partial charge in [0.15, 0.2) is 0 Å². The largest absolute Gasteiger partial charge is 0.507 e. The van der Waals surface area contributed by atoms with Crippen LogP contribution in [0.2, 0.25) is 20.1 Å². The molecule has 0 aromatic heterocycles. The molecule has 1 atom stereocenters. The molecule has 4 nitrogen and oxygen atoms in total. The Balaban J connectivity index is 2.00. The molecule has 0 saturated carbocycles. The molecule has 9 heteroatoms. The lowest BCUT2D eigenvalue weighted by atomic mass is 9.94. The van der Waals surface area contributed by atoms with Crippen LogP contribution in [0.4, 0.5) is 10.1 Å². The van der Waals surface area contributed by atoms with Gasteiger partial charge in [-0.2, -0.15) is 0 Å². The number of aliphatic hydroxyl groups excluding tert-OH is 1. The lowest BCUT2D eigenvalue weighted by Gasteiger charge is -2.26. The van der Waals surface area contributed by atoms with Crippen LogP contribution in [-0.4, -0.2) is 16.8 Å². The highest BCUT2D eigenvalue weighted by atomic mass is 35.5. The van der Waals surface area contributed by atoms with Gasteiger partial charge in [0.2, 0.25) is 0 Å². The predicted octanol–water partition coefficient (Wildman–Crippen LogP) is 7.07. The van der Waals surface area contributed by atoms with Gasteiger partial charge in [-0.1, -0.05) is 64.6 Å². The van der Waals surface area contributed by atoms with Crippen LogP contribution in [0.25, 0.3) is 5.76 Å². The minimum absolute atomic E-state index is 0.00408. The van der Waals surface area contributed by atoms with Gasteiger partial charge in [0.1, 0.15) is 11.6 Å². The monoisotopic (exact) mass is 509 g/mol. The Hall–Kier alpha value is -2.57. The normalized spacial score (nSPS) is 17.8. The highest BCUT2D eigenvalue weighted by Gasteiger charge is 2.48. The fourth-order valence-corrected chi connectivity index (χ4v) is 4.38. The van der Waals surface area contributed by atoms with Crippen molar-refractivity contribution in [3.63, 3.8) is 0 Å². The molecule has 1 saturated heterocycles. The maximum atomic E-state index is 14.9. The molecule has 1 aliphatic heterocycles. The number of benzene rings is 3. The average molecular weight is 511 g/mol. The second-order valence-electron chi connectivity index (χ2n) is 6.95. The van der Waals surface area contributed by atoms with Crippen LogP contribution < -0.4 is 4.90 Å². The Labute approximate surface area is 202 Å². The number of amides is 1. The van der Waals surface area contributed by atoms with E-state index < -0.39 is 29.3 Å². The van der Waals surface area contributed by atoms with Crippen molar-refractivity contribution in [1.29, 1.82) is 0 Å². The standard InChI is InChI=1S/C23H12Cl4FNO3/c24-12-8-13(25)10-14(9-12)29-20(15-3-1-2-4-18(15)28)19(22(31)23(29)32)21(30)11-5-6-16(26)17(27)7-11/h1-10,20,30H/b21-19+. The molecule has 0 spiro atoms. The van der Waals surface area contributed by atoms with Crippen LogP contribution in [-0.2, 0) is 9.59 Å². The van der Waals surface area contributed by atoms with E-state index in [1.165, 1.54) is 54.6 Å². The van der Waals surface area contributed by atoms with E-state index in [9.17, 15) is 19.1 Å². The second kappa shape index (κ2) is 8.75. The third-order valence-electron chi connectivity index (χ3n) is 4.96. The zero-order valence-electron chi connectivity index (χ0n) is 16.0.